The van der Waals surface area contributed by atoms with Crippen molar-refractivity contribution in [1.29, 1.82) is 0 Å². The fraction of sp³-hybridized carbons (Fsp3) is 0. The van der Waals surface area contributed by atoms with Gasteiger partial charge in [0.25, 0.3) is 0 Å². The van der Waals surface area contributed by atoms with Crippen LogP contribution in [0.15, 0.2) is 9.98 Å². The molecule has 0 unspecified atom stereocenters. The van der Waals surface area contributed by atoms with E-state index in [-0.39, 0.29) is 1.43 Å². The fourth-order valence-electron chi connectivity index (χ4n) is 0.298. The van der Waals surface area contributed by atoms with Crippen molar-refractivity contribution in [3.63, 3.8) is 0 Å². The van der Waals surface area contributed by atoms with Gasteiger partial charge in [-0.1, -0.05) is 11.3 Å². The Balaban J connectivity index is 0.000000640. The maximum atomic E-state index is 3.95. The summed E-state index contributed by atoms with van der Waals surface area (Å²) < 4.78 is 3.76. The van der Waals surface area contributed by atoms with E-state index in [1.54, 1.807) is 6.20 Å². The molecule has 0 aliphatic heterocycles. The van der Waals surface area contributed by atoms with Crippen LogP contribution in [0.25, 0.3) is 0 Å². The van der Waals surface area contributed by atoms with E-state index < -0.39 is 0 Å². The van der Waals surface area contributed by atoms with Crippen LogP contribution >= 0.6 is 43.4 Å². The van der Waals surface area contributed by atoms with Crippen molar-refractivity contribution in [2.24, 2.45) is 0 Å². The molecular weight excluding hydrogens is 256 g/mol. The van der Waals surface area contributed by atoms with Gasteiger partial charge in [0, 0.05) is 16.1 Å². The van der Waals surface area contributed by atoms with Gasteiger partial charge in [-0.05, 0) is 15.9 Å². The SMILES string of the molecule is BrNc1ncc(Br)s1.[H+]. The molecule has 0 atom stereocenters. The lowest BCUT2D eigenvalue weighted by atomic mass is 11.0. The van der Waals surface area contributed by atoms with Gasteiger partial charge in [0.2, 0.25) is 0 Å². The van der Waals surface area contributed by atoms with Gasteiger partial charge in [0.15, 0.2) is 5.13 Å². The Kier molecular flexibility index (Phi) is 2.27. The average molecular weight is 259 g/mol. The van der Waals surface area contributed by atoms with Crippen LogP contribution in [-0.4, -0.2) is 4.98 Å². The third-order valence-corrected chi connectivity index (χ3v) is 2.59. The lowest BCUT2D eigenvalue weighted by molar-refractivity contribution is 1.42. The second kappa shape index (κ2) is 2.80. The van der Waals surface area contributed by atoms with Crippen molar-refractivity contribution in [2.75, 3.05) is 4.34 Å². The van der Waals surface area contributed by atoms with Crippen LogP contribution in [0.4, 0.5) is 5.13 Å². The van der Waals surface area contributed by atoms with Gasteiger partial charge in [0.1, 0.15) is 0 Å². The summed E-state index contributed by atoms with van der Waals surface area (Å²) in [5.74, 6) is 0. The number of thiazole rings is 1. The Hall–Kier alpha value is 0.390. The van der Waals surface area contributed by atoms with E-state index in [4.69, 9.17) is 0 Å². The third kappa shape index (κ3) is 1.43. The molecule has 2 nitrogen and oxygen atoms in total. The number of hydrogen-bond acceptors (Lipinski definition) is 3. The molecule has 44 valence electrons. The molecule has 5 heteroatoms. The molecule has 0 radical (unpaired) electrons. The Morgan fingerprint density at radius 1 is 1.88 bits per heavy atom. The Morgan fingerprint density at radius 2 is 2.62 bits per heavy atom. The van der Waals surface area contributed by atoms with Crippen LogP contribution in [0.1, 0.15) is 1.43 Å². The second-order valence-electron chi connectivity index (χ2n) is 1.06. The number of anilines is 1. The molecule has 1 heterocycles. The van der Waals surface area contributed by atoms with Gasteiger partial charge in [0.05, 0.1) is 9.98 Å². The average Bonchev–Trinajstić information content (AvgIpc) is 2.14. The molecule has 0 bridgehead atoms. The van der Waals surface area contributed by atoms with E-state index >= 15 is 0 Å². The molecule has 0 saturated heterocycles. The molecule has 0 saturated carbocycles. The number of nitrogens with one attached hydrogen (secondary N) is 1. The smallest absolute Gasteiger partial charge is 0.298 e. The summed E-state index contributed by atoms with van der Waals surface area (Å²) in [7, 11) is 0. The zero-order valence-electron chi connectivity index (χ0n) is 4.69. The normalized spacial score (nSPS) is 9.25. The van der Waals surface area contributed by atoms with Crippen LogP contribution in [-0.2, 0) is 0 Å². The van der Waals surface area contributed by atoms with E-state index in [2.05, 4.69) is 41.4 Å². The summed E-state index contributed by atoms with van der Waals surface area (Å²) in [6.07, 6.45) is 1.74. The number of hydrogen-bond donors (Lipinski definition) is 1. The summed E-state index contributed by atoms with van der Waals surface area (Å²) in [4.78, 5) is 3.95. The first-order valence-corrected chi connectivity index (χ1v) is 4.21. The molecule has 1 N–H and O–H groups in total. The van der Waals surface area contributed by atoms with Crippen molar-refractivity contribution in [2.45, 2.75) is 0 Å². The van der Waals surface area contributed by atoms with Crippen molar-refractivity contribution in [3.05, 3.63) is 9.98 Å². The van der Waals surface area contributed by atoms with Crippen molar-refractivity contribution >= 4 is 48.5 Å². The van der Waals surface area contributed by atoms with Gasteiger partial charge in [-0.25, -0.2) is 4.98 Å². The highest BCUT2D eigenvalue weighted by Gasteiger charge is 1.93. The third-order valence-electron chi connectivity index (χ3n) is 0.558. The minimum atomic E-state index is 0. The number of halogens is 2. The van der Waals surface area contributed by atoms with Gasteiger partial charge in [-0.3, -0.25) is 4.34 Å². The zero-order valence-corrected chi connectivity index (χ0v) is 7.68. The summed E-state index contributed by atoms with van der Waals surface area (Å²) in [6.45, 7) is 0. The van der Waals surface area contributed by atoms with E-state index in [1.165, 1.54) is 11.3 Å². The number of aromatic nitrogens is 1. The molecule has 0 aliphatic carbocycles. The minimum Gasteiger partial charge on any atom is -0.298 e. The maximum Gasteiger partial charge on any atom is 1.00 e. The quantitative estimate of drug-likeness (QED) is 0.784. The van der Waals surface area contributed by atoms with Crippen molar-refractivity contribution < 1.29 is 1.43 Å². The largest absolute Gasteiger partial charge is 1.00 e. The molecule has 1 rings (SSSR count). The van der Waals surface area contributed by atoms with Crippen molar-refractivity contribution in [3.8, 4) is 0 Å². The van der Waals surface area contributed by atoms with Gasteiger partial charge >= 0.3 is 1.43 Å². The summed E-state index contributed by atoms with van der Waals surface area (Å²) in [6, 6.07) is 0. The highest BCUT2D eigenvalue weighted by molar-refractivity contribution is 9.11. The molecule has 0 spiro atoms. The Morgan fingerprint density at radius 3 is 2.88 bits per heavy atom. The van der Waals surface area contributed by atoms with E-state index in [0.29, 0.717) is 0 Å². The summed E-state index contributed by atoms with van der Waals surface area (Å²) in [5.41, 5.74) is 0. The number of nitrogens with zero attached hydrogens (tertiary/aromatic N) is 1. The summed E-state index contributed by atoms with van der Waals surface area (Å²) >= 11 is 7.85. The van der Waals surface area contributed by atoms with Gasteiger partial charge in [-0.15, -0.1) is 0 Å². The predicted octanol–water partition coefficient (Wildman–Crippen LogP) is 2.74. The lowest BCUT2D eigenvalue weighted by Gasteiger charge is -1.81. The van der Waals surface area contributed by atoms with Crippen LogP contribution in [0, 0.1) is 0 Å². The molecule has 0 aromatic carbocycles. The van der Waals surface area contributed by atoms with Gasteiger partial charge < -0.3 is 0 Å². The summed E-state index contributed by atoms with van der Waals surface area (Å²) in [5, 5.41) is 0.858. The second-order valence-corrected chi connectivity index (χ2v) is 3.87. The lowest BCUT2D eigenvalue weighted by Crippen LogP contribution is -1.71. The maximum absolute atomic E-state index is 3.95. The van der Waals surface area contributed by atoms with Crippen molar-refractivity contribution in [1.82, 2.24) is 4.98 Å². The molecule has 1 aromatic rings. The first-order chi connectivity index (χ1) is 3.83. The standard InChI is InChI=1S/C3H2Br2N2S/c4-2-1-6-3(7-5)8-2/h1H,(H,6,7)/p+1. The Bertz CT molecular complexity index is 180. The molecule has 1 aromatic heterocycles. The van der Waals surface area contributed by atoms with Crippen LogP contribution in [0.3, 0.4) is 0 Å². The Labute approximate surface area is 69.3 Å². The van der Waals surface area contributed by atoms with E-state index in [0.717, 1.165) is 8.92 Å². The highest BCUT2D eigenvalue weighted by Crippen LogP contribution is 2.23. The first kappa shape index (κ1) is 6.51. The van der Waals surface area contributed by atoms with E-state index in [9.17, 15) is 0 Å². The number of rotatable bonds is 1. The topological polar surface area (TPSA) is 24.9 Å². The van der Waals surface area contributed by atoms with Crippen LogP contribution < -0.4 is 4.34 Å². The first-order valence-electron chi connectivity index (χ1n) is 1.81. The highest BCUT2D eigenvalue weighted by atomic mass is 79.9. The van der Waals surface area contributed by atoms with Crippen LogP contribution in [0.5, 0.6) is 0 Å². The molecule has 0 amide bonds. The molecule has 0 aliphatic rings. The monoisotopic (exact) mass is 257 g/mol. The minimum absolute atomic E-state index is 0. The van der Waals surface area contributed by atoms with Crippen LogP contribution in [0.2, 0.25) is 0 Å². The molecular formula is C3H3Br2N2S+. The molecule has 0 fully saturated rings. The van der Waals surface area contributed by atoms with E-state index in [1.807, 2.05) is 0 Å². The molecule has 8 heavy (non-hydrogen) atoms. The zero-order chi connectivity index (χ0) is 5.98. The predicted molar refractivity (Wildman–Crippen MR) is 43.5 cm³/mol. The fourth-order valence-corrected chi connectivity index (χ4v) is 1.64. The van der Waals surface area contributed by atoms with Gasteiger partial charge in [-0.2, -0.15) is 0 Å².